The average Bonchev–Trinajstić information content (AvgIpc) is 2.48. The molecule has 2 aromatic rings. The highest BCUT2D eigenvalue weighted by atomic mass is 16.3. The van der Waals surface area contributed by atoms with Crippen molar-refractivity contribution < 1.29 is 15.0 Å². The molecule has 3 N–H and O–H groups in total. The molecule has 20 heavy (non-hydrogen) atoms. The van der Waals surface area contributed by atoms with E-state index in [1.807, 2.05) is 24.3 Å². The molecule has 0 aliphatic carbocycles. The molecular weight excluding hydrogens is 254 g/mol. The standard InChI is InChI=1S/C16H17NO3/c1-11-2-7-14(8-15(11)19)16(20)17-9-12-3-5-13(10-18)6-4-12/h2-8,18-19H,9-10H2,1H3,(H,17,20). The maximum atomic E-state index is 11.9. The van der Waals surface area contributed by atoms with Crippen LogP contribution >= 0.6 is 0 Å². The van der Waals surface area contributed by atoms with Gasteiger partial charge in [-0.1, -0.05) is 30.3 Å². The molecule has 4 nitrogen and oxygen atoms in total. The number of carbonyl (C=O) groups excluding carboxylic acids is 1. The van der Waals surface area contributed by atoms with Crippen LogP contribution in [-0.2, 0) is 13.2 Å². The first-order valence-corrected chi connectivity index (χ1v) is 6.36. The SMILES string of the molecule is Cc1ccc(C(=O)NCc2ccc(CO)cc2)cc1O. The number of amides is 1. The molecule has 0 aliphatic rings. The maximum Gasteiger partial charge on any atom is 0.251 e. The molecule has 0 aliphatic heterocycles. The minimum atomic E-state index is -0.230. The number of phenols is 1. The molecule has 0 radical (unpaired) electrons. The van der Waals surface area contributed by atoms with Crippen molar-refractivity contribution in [1.82, 2.24) is 5.32 Å². The van der Waals surface area contributed by atoms with Crippen LogP contribution in [0.4, 0.5) is 0 Å². The minimum absolute atomic E-state index is 0.00921. The molecule has 0 saturated carbocycles. The van der Waals surface area contributed by atoms with Gasteiger partial charge in [0.1, 0.15) is 5.75 Å². The number of benzene rings is 2. The normalized spacial score (nSPS) is 10.3. The number of phenolic OH excluding ortho intramolecular Hbond substituents is 1. The van der Waals surface area contributed by atoms with E-state index in [-0.39, 0.29) is 18.3 Å². The van der Waals surface area contributed by atoms with Crippen molar-refractivity contribution >= 4 is 5.91 Å². The van der Waals surface area contributed by atoms with Gasteiger partial charge in [0.15, 0.2) is 0 Å². The lowest BCUT2D eigenvalue weighted by Gasteiger charge is -2.07. The quantitative estimate of drug-likeness (QED) is 0.797. The van der Waals surface area contributed by atoms with Crippen LogP contribution in [0.15, 0.2) is 42.5 Å². The van der Waals surface area contributed by atoms with Crippen LogP contribution < -0.4 is 5.32 Å². The van der Waals surface area contributed by atoms with Gasteiger partial charge in [-0.3, -0.25) is 4.79 Å². The second-order valence-corrected chi connectivity index (χ2v) is 4.66. The fraction of sp³-hybridized carbons (Fsp3) is 0.188. The highest BCUT2D eigenvalue weighted by Gasteiger charge is 2.07. The summed E-state index contributed by atoms with van der Waals surface area (Å²) in [5, 5.41) is 21.3. The van der Waals surface area contributed by atoms with Crippen LogP contribution in [0.3, 0.4) is 0 Å². The lowest BCUT2D eigenvalue weighted by molar-refractivity contribution is 0.0950. The zero-order chi connectivity index (χ0) is 14.5. The number of carbonyl (C=O) groups is 1. The van der Waals surface area contributed by atoms with Gasteiger partial charge < -0.3 is 15.5 Å². The number of rotatable bonds is 4. The predicted octanol–water partition coefficient (Wildman–Crippen LogP) is 2.12. The van der Waals surface area contributed by atoms with Gasteiger partial charge >= 0.3 is 0 Å². The third-order valence-corrected chi connectivity index (χ3v) is 3.13. The number of nitrogens with one attached hydrogen (secondary N) is 1. The van der Waals surface area contributed by atoms with E-state index in [9.17, 15) is 9.90 Å². The molecule has 1 amide bonds. The Balaban J connectivity index is 1.98. The van der Waals surface area contributed by atoms with Gasteiger partial charge in [0.05, 0.1) is 6.61 Å². The molecule has 0 fully saturated rings. The number of hydrogen-bond acceptors (Lipinski definition) is 3. The van der Waals surface area contributed by atoms with E-state index >= 15 is 0 Å². The molecule has 0 spiro atoms. The molecule has 2 rings (SSSR count). The lowest BCUT2D eigenvalue weighted by Crippen LogP contribution is -2.22. The molecule has 2 aromatic carbocycles. The first-order valence-electron chi connectivity index (χ1n) is 6.36. The summed E-state index contributed by atoms with van der Waals surface area (Å²) in [4.78, 5) is 11.9. The third-order valence-electron chi connectivity index (χ3n) is 3.13. The molecular formula is C16H17NO3. The summed E-state index contributed by atoms with van der Waals surface area (Å²) in [5.74, 6) is -0.114. The zero-order valence-electron chi connectivity index (χ0n) is 11.3. The van der Waals surface area contributed by atoms with Gasteiger partial charge in [-0.15, -0.1) is 0 Å². The molecule has 0 atom stereocenters. The highest BCUT2D eigenvalue weighted by Crippen LogP contribution is 2.17. The fourth-order valence-electron chi connectivity index (χ4n) is 1.80. The van der Waals surface area contributed by atoms with Crippen molar-refractivity contribution in [1.29, 1.82) is 0 Å². The second kappa shape index (κ2) is 6.21. The van der Waals surface area contributed by atoms with Crippen LogP contribution in [0, 0.1) is 6.92 Å². The van der Waals surface area contributed by atoms with E-state index in [1.54, 1.807) is 19.1 Å². The molecule has 4 heteroatoms. The molecule has 104 valence electrons. The first-order chi connectivity index (χ1) is 9.60. The van der Waals surface area contributed by atoms with E-state index in [4.69, 9.17) is 5.11 Å². The van der Waals surface area contributed by atoms with Gasteiger partial charge in [0.25, 0.3) is 5.91 Å². The van der Waals surface area contributed by atoms with Crippen LogP contribution in [0.25, 0.3) is 0 Å². The summed E-state index contributed by atoms with van der Waals surface area (Å²) in [6.07, 6.45) is 0. The molecule has 0 bridgehead atoms. The van der Waals surface area contributed by atoms with Crippen molar-refractivity contribution in [3.63, 3.8) is 0 Å². The van der Waals surface area contributed by atoms with Crippen molar-refractivity contribution in [3.05, 3.63) is 64.7 Å². The number of aromatic hydroxyl groups is 1. The zero-order valence-corrected chi connectivity index (χ0v) is 11.3. The van der Waals surface area contributed by atoms with E-state index in [0.29, 0.717) is 12.1 Å². The highest BCUT2D eigenvalue weighted by molar-refractivity contribution is 5.94. The van der Waals surface area contributed by atoms with Gasteiger partial charge in [-0.05, 0) is 35.7 Å². The van der Waals surface area contributed by atoms with E-state index in [1.165, 1.54) is 6.07 Å². The number of aliphatic hydroxyl groups is 1. The number of aryl methyl sites for hydroxylation is 1. The van der Waals surface area contributed by atoms with Gasteiger partial charge in [0, 0.05) is 12.1 Å². The van der Waals surface area contributed by atoms with Gasteiger partial charge in [-0.25, -0.2) is 0 Å². The number of hydrogen-bond donors (Lipinski definition) is 3. The Kier molecular flexibility index (Phi) is 4.38. The Hall–Kier alpha value is -2.33. The summed E-state index contributed by atoms with van der Waals surface area (Å²) in [6.45, 7) is 2.19. The average molecular weight is 271 g/mol. The van der Waals surface area contributed by atoms with Crippen LogP contribution in [0.5, 0.6) is 5.75 Å². The van der Waals surface area contributed by atoms with E-state index in [2.05, 4.69) is 5.32 Å². The summed E-state index contributed by atoms with van der Waals surface area (Å²) >= 11 is 0. The van der Waals surface area contributed by atoms with Crippen LogP contribution in [-0.4, -0.2) is 16.1 Å². The largest absolute Gasteiger partial charge is 0.508 e. The Morgan fingerprint density at radius 2 is 1.75 bits per heavy atom. The van der Waals surface area contributed by atoms with Crippen molar-refractivity contribution in [2.45, 2.75) is 20.1 Å². The molecule has 0 aromatic heterocycles. The maximum absolute atomic E-state index is 11.9. The summed E-state index contributed by atoms with van der Waals surface area (Å²) in [7, 11) is 0. The third kappa shape index (κ3) is 3.36. The number of aliphatic hydroxyl groups excluding tert-OH is 1. The summed E-state index contributed by atoms with van der Waals surface area (Å²) in [6, 6.07) is 12.2. The second-order valence-electron chi connectivity index (χ2n) is 4.66. The fourth-order valence-corrected chi connectivity index (χ4v) is 1.80. The predicted molar refractivity (Wildman–Crippen MR) is 76.4 cm³/mol. The Labute approximate surface area is 117 Å². The Morgan fingerprint density at radius 1 is 1.10 bits per heavy atom. The minimum Gasteiger partial charge on any atom is -0.508 e. The molecule has 0 saturated heterocycles. The van der Waals surface area contributed by atoms with Gasteiger partial charge in [-0.2, -0.15) is 0 Å². The molecule has 0 heterocycles. The monoisotopic (exact) mass is 271 g/mol. The first kappa shape index (κ1) is 14.1. The van der Waals surface area contributed by atoms with Gasteiger partial charge in [0.2, 0.25) is 0 Å². The lowest BCUT2D eigenvalue weighted by atomic mass is 10.1. The van der Waals surface area contributed by atoms with Crippen LogP contribution in [0.1, 0.15) is 27.0 Å². The van der Waals surface area contributed by atoms with E-state index in [0.717, 1.165) is 16.7 Å². The smallest absolute Gasteiger partial charge is 0.251 e. The Bertz CT molecular complexity index is 606. The van der Waals surface area contributed by atoms with Crippen molar-refractivity contribution in [2.24, 2.45) is 0 Å². The van der Waals surface area contributed by atoms with Crippen molar-refractivity contribution in [3.8, 4) is 5.75 Å². The van der Waals surface area contributed by atoms with Crippen molar-refractivity contribution in [2.75, 3.05) is 0 Å². The summed E-state index contributed by atoms with van der Waals surface area (Å²) < 4.78 is 0. The van der Waals surface area contributed by atoms with Crippen LogP contribution in [0.2, 0.25) is 0 Å². The summed E-state index contributed by atoms with van der Waals surface area (Å²) in [5.41, 5.74) is 2.96. The topological polar surface area (TPSA) is 69.6 Å². The van der Waals surface area contributed by atoms with E-state index < -0.39 is 0 Å². The molecule has 0 unspecified atom stereocenters. The Morgan fingerprint density at radius 3 is 2.35 bits per heavy atom.